The molecule has 24 heavy (non-hydrogen) atoms. The Labute approximate surface area is 145 Å². The smallest absolute Gasteiger partial charge is 0.221 e. The normalized spacial score (nSPS) is 17.1. The van der Waals surface area contributed by atoms with Gasteiger partial charge in [0.1, 0.15) is 0 Å². The van der Waals surface area contributed by atoms with Crippen molar-refractivity contribution in [1.29, 1.82) is 0 Å². The Hall–Kier alpha value is -1.40. The van der Waals surface area contributed by atoms with Crippen molar-refractivity contribution in [2.24, 2.45) is 5.92 Å². The number of sulfone groups is 1. The number of benzene rings is 1. The Balaban J connectivity index is 1.71. The van der Waals surface area contributed by atoms with Crippen molar-refractivity contribution in [3.63, 3.8) is 0 Å². The van der Waals surface area contributed by atoms with Gasteiger partial charge in [0.05, 0.1) is 10.6 Å². The molecule has 0 unspecified atom stereocenters. The van der Waals surface area contributed by atoms with Gasteiger partial charge in [-0.25, -0.2) is 8.42 Å². The van der Waals surface area contributed by atoms with Gasteiger partial charge in [-0.2, -0.15) is 0 Å². The summed E-state index contributed by atoms with van der Waals surface area (Å²) in [5.41, 5.74) is 0. The van der Waals surface area contributed by atoms with Gasteiger partial charge < -0.3 is 10.2 Å². The maximum atomic E-state index is 12.2. The third-order valence-corrected chi connectivity index (χ3v) is 6.40. The molecule has 0 aromatic heterocycles. The zero-order valence-electron chi connectivity index (χ0n) is 14.6. The third kappa shape index (κ3) is 5.60. The van der Waals surface area contributed by atoms with Gasteiger partial charge in [-0.15, -0.1) is 0 Å². The molecule has 1 saturated heterocycles. The number of hydrogen-bond donors (Lipinski definition) is 1. The second-order valence-corrected chi connectivity index (χ2v) is 8.87. The monoisotopic (exact) mass is 352 g/mol. The van der Waals surface area contributed by atoms with Crippen LogP contribution in [0.25, 0.3) is 0 Å². The van der Waals surface area contributed by atoms with E-state index in [1.165, 1.54) is 0 Å². The van der Waals surface area contributed by atoms with E-state index < -0.39 is 9.84 Å². The van der Waals surface area contributed by atoms with Crippen LogP contribution in [0.5, 0.6) is 0 Å². The van der Waals surface area contributed by atoms with E-state index in [4.69, 9.17) is 0 Å². The number of hydrogen-bond acceptors (Lipinski definition) is 4. The molecule has 0 atom stereocenters. The number of rotatable bonds is 7. The van der Waals surface area contributed by atoms with Crippen molar-refractivity contribution >= 4 is 15.7 Å². The molecule has 0 bridgehead atoms. The first-order chi connectivity index (χ1) is 11.4. The molecule has 1 aromatic carbocycles. The summed E-state index contributed by atoms with van der Waals surface area (Å²) < 4.78 is 24.3. The van der Waals surface area contributed by atoms with E-state index in [1.54, 1.807) is 30.3 Å². The highest BCUT2D eigenvalue weighted by molar-refractivity contribution is 7.91. The Bertz CT molecular complexity index is 621. The average molecular weight is 353 g/mol. The van der Waals surface area contributed by atoms with Crippen LogP contribution in [0.3, 0.4) is 0 Å². The second kappa shape index (κ2) is 8.62. The highest BCUT2D eigenvalue weighted by Gasteiger charge is 2.21. The number of piperidine rings is 1. The zero-order chi connectivity index (χ0) is 17.6. The molecular formula is C18H28N2O3S. The lowest BCUT2D eigenvalue weighted by Gasteiger charge is -2.34. The Kier molecular flexibility index (Phi) is 6.80. The van der Waals surface area contributed by atoms with Gasteiger partial charge in [0.25, 0.3) is 0 Å². The van der Waals surface area contributed by atoms with Gasteiger partial charge >= 0.3 is 0 Å². The molecule has 5 nitrogen and oxygen atoms in total. The minimum absolute atomic E-state index is 0.0159. The molecule has 1 fully saturated rings. The van der Waals surface area contributed by atoms with Crippen LogP contribution in [0.4, 0.5) is 0 Å². The predicted molar refractivity (Wildman–Crippen MR) is 95.6 cm³/mol. The van der Waals surface area contributed by atoms with Gasteiger partial charge in [0, 0.05) is 19.0 Å². The fourth-order valence-electron chi connectivity index (χ4n) is 2.99. The van der Waals surface area contributed by atoms with Gasteiger partial charge in [-0.3, -0.25) is 4.79 Å². The van der Waals surface area contributed by atoms with Crippen LogP contribution < -0.4 is 5.32 Å². The molecule has 1 amide bonds. The van der Waals surface area contributed by atoms with Crippen LogP contribution in [-0.4, -0.2) is 50.7 Å². The summed E-state index contributed by atoms with van der Waals surface area (Å²) in [6.45, 7) is 7.20. The first kappa shape index (κ1) is 18.9. The van der Waals surface area contributed by atoms with Gasteiger partial charge in [-0.1, -0.05) is 18.2 Å². The van der Waals surface area contributed by atoms with Crippen LogP contribution >= 0.6 is 0 Å². The quantitative estimate of drug-likeness (QED) is 0.816. The van der Waals surface area contributed by atoms with Crippen LogP contribution in [0.15, 0.2) is 35.2 Å². The molecule has 1 aliphatic rings. The summed E-state index contributed by atoms with van der Waals surface area (Å²) in [6.07, 6.45) is 2.18. The Morgan fingerprint density at radius 1 is 1.21 bits per heavy atom. The molecule has 1 aromatic rings. The lowest BCUT2D eigenvalue weighted by atomic mass is 9.96. The molecule has 0 spiro atoms. The molecule has 1 aliphatic heterocycles. The van der Waals surface area contributed by atoms with Gasteiger partial charge in [-0.05, 0) is 57.8 Å². The maximum Gasteiger partial charge on any atom is 0.221 e. The fourth-order valence-corrected chi connectivity index (χ4v) is 4.25. The number of carbonyl (C=O) groups excluding carboxylic acids is 1. The van der Waals surface area contributed by atoms with Crippen LogP contribution in [0, 0.1) is 5.92 Å². The first-order valence-electron chi connectivity index (χ1n) is 8.67. The molecule has 2 rings (SSSR count). The standard InChI is InChI=1S/C18H28N2O3S/c1-15(2)20-11-8-16(9-12-20)14-19-18(21)10-13-24(22,23)17-6-4-3-5-7-17/h3-7,15-16H,8-14H2,1-2H3,(H,19,21). The van der Waals surface area contributed by atoms with Crippen molar-refractivity contribution in [2.45, 2.75) is 44.0 Å². The van der Waals surface area contributed by atoms with Crippen molar-refractivity contribution in [2.75, 3.05) is 25.4 Å². The molecule has 1 N–H and O–H groups in total. The van der Waals surface area contributed by atoms with E-state index in [-0.39, 0.29) is 23.0 Å². The average Bonchev–Trinajstić information content (AvgIpc) is 2.59. The number of nitrogens with zero attached hydrogens (tertiary/aromatic N) is 1. The summed E-state index contributed by atoms with van der Waals surface area (Å²) in [6, 6.07) is 8.86. The highest BCUT2D eigenvalue weighted by Crippen LogP contribution is 2.18. The zero-order valence-corrected chi connectivity index (χ0v) is 15.4. The molecular weight excluding hydrogens is 324 g/mol. The third-order valence-electron chi connectivity index (χ3n) is 4.67. The van der Waals surface area contributed by atoms with E-state index in [9.17, 15) is 13.2 Å². The Morgan fingerprint density at radius 3 is 2.42 bits per heavy atom. The van der Waals surface area contributed by atoms with Crippen molar-refractivity contribution < 1.29 is 13.2 Å². The first-order valence-corrected chi connectivity index (χ1v) is 10.3. The minimum atomic E-state index is -3.38. The lowest BCUT2D eigenvalue weighted by molar-refractivity contribution is -0.121. The number of likely N-dealkylation sites (tertiary alicyclic amines) is 1. The maximum absolute atomic E-state index is 12.2. The van der Waals surface area contributed by atoms with Crippen LogP contribution in [0.1, 0.15) is 33.1 Å². The van der Waals surface area contributed by atoms with E-state index in [2.05, 4.69) is 24.1 Å². The summed E-state index contributed by atoms with van der Waals surface area (Å²) in [5, 5.41) is 2.90. The molecule has 0 radical (unpaired) electrons. The van der Waals surface area contributed by atoms with E-state index >= 15 is 0 Å². The predicted octanol–water partition coefficient (Wildman–Crippen LogP) is 2.09. The molecule has 1 heterocycles. The van der Waals surface area contributed by atoms with E-state index in [1.807, 2.05) is 0 Å². The van der Waals surface area contributed by atoms with Crippen LogP contribution in [0.2, 0.25) is 0 Å². The van der Waals surface area contributed by atoms with E-state index in [0.29, 0.717) is 18.5 Å². The second-order valence-electron chi connectivity index (χ2n) is 6.76. The Morgan fingerprint density at radius 2 is 1.83 bits per heavy atom. The summed E-state index contributed by atoms with van der Waals surface area (Å²) in [5.74, 6) is 0.171. The van der Waals surface area contributed by atoms with Crippen molar-refractivity contribution in [3.05, 3.63) is 30.3 Å². The summed E-state index contributed by atoms with van der Waals surface area (Å²) >= 11 is 0. The highest BCUT2D eigenvalue weighted by atomic mass is 32.2. The molecule has 134 valence electrons. The van der Waals surface area contributed by atoms with Crippen LogP contribution in [-0.2, 0) is 14.6 Å². The number of carbonyl (C=O) groups is 1. The molecule has 0 aliphatic carbocycles. The van der Waals surface area contributed by atoms with Gasteiger partial charge in [0.15, 0.2) is 9.84 Å². The number of amides is 1. The topological polar surface area (TPSA) is 66.5 Å². The minimum Gasteiger partial charge on any atom is -0.356 e. The van der Waals surface area contributed by atoms with E-state index in [0.717, 1.165) is 25.9 Å². The van der Waals surface area contributed by atoms with Crippen molar-refractivity contribution in [1.82, 2.24) is 10.2 Å². The SMILES string of the molecule is CC(C)N1CCC(CNC(=O)CCS(=O)(=O)c2ccccc2)CC1. The largest absolute Gasteiger partial charge is 0.356 e. The fraction of sp³-hybridized carbons (Fsp3) is 0.611. The lowest BCUT2D eigenvalue weighted by Crippen LogP contribution is -2.41. The molecule has 0 saturated carbocycles. The summed E-state index contributed by atoms with van der Waals surface area (Å²) in [4.78, 5) is 14.7. The molecule has 6 heteroatoms. The van der Waals surface area contributed by atoms with Crippen molar-refractivity contribution in [3.8, 4) is 0 Å². The summed E-state index contributed by atoms with van der Waals surface area (Å²) in [7, 11) is -3.38. The number of nitrogens with one attached hydrogen (secondary N) is 1. The van der Waals surface area contributed by atoms with Gasteiger partial charge in [0.2, 0.25) is 5.91 Å².